The van der Waals surface area contributed by atoms with Crippen molar-refractivity contribution in [2.45, 2.75) is 96.3 Å². The number of anilines is 1. The van der Waals surface area contributed by atoms with Crippen LogP contribution in [0.25, 0.3) is 11.2 Å². The maximum atomic E-state index is 14.6. The van der Waals surface area contributed by atoms with Crippen LogP contribution in [0.15, 0.2) is 12.7 Å². The predicted octanol–water partition coefficient (Wildman–Crippen LogP) is 0.647. The molecule has 0 aromatic carbocycles. The first-order valence-electron chi connectivity index (χ1n) is 13.0. The van der Waals surface area contributed by atoms with Crippen molar-refractivity contribution >= 4 is 36.6 Å². The monoisotopic (exact) mass is 623 g/mol. The molecule has 3 rings (SSSR count). The number of carbonyl (C=O) groups is 2. The van der Waals surface area contributed by atoms with Gasteiger partial charge in [0.2, 0.25) is 0 Å². The summed E-state index contributed by atoms with van der Waals surface area (Å²) in [5.74, 6) is -1.72. The average molecular weight is 624 g/mol. The number of carbonyl (C=O) groups excluding carboxylic acids is 2. The molecular formula is C23H36F2N7O9P. The molecule has 1 aliphatic rings. The molecular weight excluding hydrogens is 587 g/mol. The van der Waals surface area contributed by atoms with E-state index >= 15 is 0 Å². The Morgan fingerprint density at radius 3 is 2.12 bits per heavy atom. The molecule has 19 heteroatoms. The van der Waals surface area contributed by atoms with E-state index in [1.54, 1.807) is 27.7 Å². The first-order valence-corrected chi connectivity index (χ1v) is 14.6. The van der Waals surface area contributed by atoms with Crippen LogP contribution in [-0.2, 0) is 32.9 Å². The Hall–Kier alpha value is -2.86. The summed E-state index contributed by atoms with van der Waals surface area (Å²) < 4.78 is 65.3. The maximum Gasteiger partial charge on any atom is 0.342 e. The number of aliphatic hydroxyl groups excluding tert-OH is 2. The zero-order valence-corrected chi connectivity index (χ0v) is 24.7. The van der Waals surface area contributed by atoms with Gasteiger partial charge in [0.15, 0.2) is 23.3 Å². The molecule has 6 atom stereocenters. The molecule has 1 saturated heterocycles. The number of aliphatic hydroxyl groups is 2. The number of halogens is 2. The molecule has 0 amide bonds. The summed E-state index contributed by atoms with van der Waals surface area (Å²) in [5.41, 5.74) is 2.94. The lowest BCUT2D eigenvalue weighted by Crippen LogP contribution is -2.53. The van der Waals surface area contributed by atoms with Gasteiger partial charge in [0.05, 0.1) is 25.1 Å². The number of nitrogens with zero attached hydrogens (tertiary/aromatic N) is 4. The van der Waals surface area contributed by atoms with Gasteiger partial charge in [-0.25, -0.2) is 33.9 Å². The van der Waals surface area contributed by atoms with Crippen molar-refractivity contribution in [1.29, 1.82) is 0 Å². The highest BCUT2D eigenvalue weighted by Gasteiger charge is 2.61. The minimum Gasteiger partial charge on any atom is -0.462 e. The SMILES string of the molecule is CC(C)OC(=O)[C@H](C)NP(=O)(N[C@@H](C)C(=O)OC(C)C)OC[C@@]1(C(F)F)O[C@@H](n2cnc3c(N)ncnc32)[C@H](O)[C@@H]1O. The number of alkyl halides is 2. The standard InChI is InChI=1S/C23H36F2N7O9P/c1-10(2)39-20(35)12(5)30-42(37,31-13(6)21(36)40-11(3)4)38-7-23(22(24)25)16(34)15(33)19(41-23)32-9-29-14-17(26)27-8-28-18(14)32/h8-13,15-16,19,22,33-34H,7H2,1-6H3,(H2,26,27,28)(H2,30,31,37)/t12-,13-,15+,16-,19+,23+/m0/s1. The van der Waals surface area contributed by atoms with Gasteiger partial charge in [-0.05, 0) is 41.5 Å². The van der Waals surface area contributed by atoms with E-state index in [4.69, 9.17) is 24.5 Å². The Morgan fingerprint density at radius 2 is 1.62 bits per heavy atom. The summed E-state index contributed by atoms with van der Waals surface area (Å²) in [5, 5.41) is 26.3. The van der Waals surface area contributed by atoms with Gasteiger partial charge in [-0.2, -0.15) is 0 Å². The number of hydrogen-bond donors (Lipinski definition) is 5. The van der Waals surface area contributed by atoms with Crippen LogP contribution in [0, 0.1) is 0 Å². The fraction of sp³-hybridized carbons (Fsp3) is 0.696. The van der Waals surface area contributed by atoms with Crippen LogP contribution in [0.3, 0.4) is 0 Å². The van der Waals surface area contributed by atoms with E-state index in [0.29, 0.717) is 0 Å². The molecule has 0 radical (unpaired) electrons. The summed E-state index contributed by atoms with van der Waals surface area (Å²) in [6.07, 6.45) is -8.26. The Balaban J connectivity index is 1.91. The van der Waals surface area contributed by atoms with E-state index in [1.807, 2.05) is 0 Å². The van der Waals surface area contributed by atoms with Crippen LogP contribution in [0.1, 0.15) is 47.8 Å². The smallest absolute Gasteiger partial charge is 0.342 e. The van der Waals surface area contributed by atoms with Crippen molar-refractivity contribution in [2.75, 3.05) is 12.3 Å². The zero-order valence-electron chi connectivity index (χ0n) is 23.8. The van der Waals surface area contributed by atoms with Gasteiger partial charge in [0.1, 0.15) is 36.1 Å². The van der Waals surface area contributed by atoms with Crippen molar-refractivity contribution in [1.82, 2.24) is 29.7 Å². The molecule has 0 saturated carbocycles. The van der Waals surface area contributed by atoms with Crippen LogP contribution in [0.5, 0.6) is 0 Å². The molecule has 3 heterocycles. The van der Waals surface area contributed by atoms with Crippen molar-refractivity contribution < 1.29 is 51.9 Å². The van der Waals surface area contributed by atoms with Gasteiger partial charge in [0.25, 0.3) is 6.43 Å². The number of ether oxygens (including phenoxy) is 3. The molecule has 1 aliphatic heterocycles. The first kappa shape index (κ1) is 33.6. The topological polar surface area (TPSA) is 222 Å². The fourth-order valence-electron chi connectivity index (χ4n) is 4.04. The number of esters is 2. The molecule has 2 aromatic heterocycles. The molecule has 0 aliphatic carbocycles. The highest BCUT2D eigenvalue weighted by atomic mass is 31.2. The van der Waals surface area contributed by atoms with Gasteiger partial charge < -0.3 is 34.7 Å². The van der Waals surface area contributed by atoms with Crippen molar-refractivity contribution in [3.63, 3.8) is 0 Å². The second kappa shape index (κ2) is 13.2. The Kier molecular flexibility index (Phi) is 10.6. The number of hydrogen-bond acceptors (Lipinski definition) is 13. The van der Waals surface area contributed by atoms with Gasteiger partial charge in [-0.1, -0.05) is 0 Å². The molecule has 0 spiro atoms. The van der Waals surface area contributed by atoms with Gasteiger partial charge in [-0.15, -0.1) is 0 Å². The van der Waals surface area contributed by atoms with E-state index < -0.39 is 81.0 Å². The van der Waals surface area contributed by atoms with Crippen molar-refractivity contribution in [3.8, 4) is 0 Å². The number of aromatic nitrogens is 4. The lowest BCUT2D eigenvalue weighted by Gasteiger charge is -2.33. The van der Waals surface area contributed by atoms with Crippen LogP contribution < -0.4 is 15.9 Å². The summed E-state index contributed by atoms with van der Waals surface area (Å²) in [4.78, 5) is 36.6. The Bertz CT molecular complexity index is 1280. The number of nitrogens with one attached hydrogen (secondary N) is 2. The van der Waals surface area contributed by atoms with E-state index in [2.05, 4.69) is 25.1 Å². The molecule has 2 aromatic rings. The quantitative estimate of drug-likeness (QED) is 0.153. The maximum absolute atomic E-state index is 14.6. The van der Waals surface area contributed by atoms with E-state index in [9.17, 15) is 33.1 Å². The van der Waals surface area contributed by atoms with Crippen LogP contribution in [0.2, 0.25) is 0 Å². The normalized spacial score (nSPS) is 24.5. The molecule has 6 N–H and O–H groups in total. The summed E-state index contributed by atoms with van der Waals surface area (Å²) in [6.45, 7) is 7.61. The molecule has 236 valence electrons. The Labute approximate surface area is 239 Å². The second-order valence-electron chi connectivity index (χ2n) is 10.3. The summed E-state index contributed by atoms with van der Waals surface area (Å²) in [7, 11) is -4.60. The van der Waals surface area contributed by atoms with Gasteiger partial charge in [0, 0.05) is 0 Å². The second-order valence-corrected chi connectivity index (χ2v) is 12.2. The van der Waals surface area contributed by atoms with Gasteiger partial charge in [-0.3, -0.25) is 18.7 Å². The van der Waals surface area contributed by atoms with Crippen molar-refractivity contribution in [3.05, 3.63) is 12.7 Å². The van der Waals surface area contributed by atoms with E-state index in [0.717, 1.165) is 17.2 Å². The molecule has 0 bridgehead atoms. The third-order valence-corrected chi connectivity index (χ3v) is 8.04. The predicted molar refractivity (Wildman–Crippen MR) is 142 cm³/mol. The van der Waals surface area contributed by atoms with Crippen LogP contribution >= 0.6 is 7.67 Å². The summed E-state index contributed by atoms with van der Waals surface area (Å²) >= 11 is 0. The van der Waals surface area contributed by atoms with Crippen molar-refractivity contribution in [2.24, 2.45) is 0 Å². The van der Waals surface area contributed by atoms with Crippen LogP contribution in [0.4, 0.5) is 14.6 Å². The number of nitrogen functional groups attached to an aromatic ring is 1. The first-order chi connectivity index (χ1) is 19.5. The number of imidazole rings is 1. The van der Waals surface area contributed by atoms with Crippen LogP contribution in [-0.4, -0.2) is 96.8 Å². The fourth-order valence-corrected chi connectivity index (χ4v) is 5.88. The number of nitrogens with two attached hydrogens (primary N) is 1. The van der Waals surface area contributed by atoms with E-state index in [1.165, 1.54) is 13.8 Å². The highest BCUT2D eigenvalue weighted by molar-refractivity contribution is 7.54. The molecule has 16 nitrogen and oxygen atoms in total. The Morgan fingerprint density at radius 1 is 1.07 bits per heavy atom. The molecule has 1 fully saturated rings. The molecule has 42 heavy (non-hydrogen) atoms. The van der Waals surface area contributed by atoms with E-state index in [-0.39, 0.29) is 17.0 Å². The average Bonchev–Trinajstić information content (AvgIpc) is 3.42. The molecule has 0 unspecified atom stereocenters. The third-order valence-electron chi connectivity index (χ3n) is 6.10. The zero-order chi connectivity index (χ0) is 31.6. The third kappa shape index (κ3) is 7.19. The summed E-state index contributed by atoms with van der Waals surface area (Å²) in [6, 6.07) is -2.62. The van der Waals surface area contributed by atoms with Gasteiger partial charge >= 0.3 is 19.6 Å². The minimum absolute atomic E-state index is 0.0220. The lowest BCUT2D eigenvalue weighted by molar-refractivity contribution is -0.191. The number of fused-ring (bicyclic) bond motifs is 1. The largest absolute Gasteiger partial charge is 0.462 e. The minimum atomic E-state index is -4.60. The lowest BCUT2D eigenvalue weighted by atomic mass is 9.96. The number of rotatable bonds is 13. The highest BCUT2D eigenvalue weighted by Crippen LogP contribution is 2.47.